The molecule has 0 aliphatic carbocycles. The fourth-order valence-corrected chi connectivity index (χ4v) is 2.64. The highest BCUT2D eigenvalue weighted by atomic mass is 32.2. The normalized spacial score (nSPS) is 10.4. The number of benzene rings is 1. The molecule has 0 radical (unpaired) electrons. The van der Waals surface area contributed by atoms with Gasteiger partial charge in [0.05, 0.1) is 12.8 Å². The molecule has 1 N–H and O–H groups in total. The number of rotatable bonds is 6. The molecule has 1 aromatic heterocycles. The zero-order valence-corrected chi connectivity index (χ0v) is 12.0. The maximum absolute atomic E-state index is 5.13. The van der Waals surface area contributed by atoms with Crippen molar-refractivity contribution in [2.75, 3.05) is 14.2 Å². The van der Waals surface area contributed by atoms with Crippen molar-refractivity contribution in [3.63, 3.8) is 0 Å². The van der Waals surface area contributed by atoms with Gasteiger partial charge in [0.2, 0.25) is 5.88 Å². The molecular weight excluding hydrogens is 256 g/mol. The van der Waals surface area contributed by atoms with Gasteiger partial charge < -0.3 is 10.1 Å². The fourth-order valence-electron chi connectivity index (χ4n) is 1.76. The van der Waals surface area contributed by atoms with Gasteiger partial charge in [-0.15, -0.1) is 11.8 Å². The van der Waals surface area contributed by atoms with Gasteiger partial charge in [0.25, 0.3) is 0 Å². The standard InChI is InChI=1S/C15H18N2OS/c1-16-10-12-5-3-7-14(9-12)19-11-13-6-4-8-15(17-13)18-2/h3-9,16H,10-11H2,1-2H3. The van der Waals surface area contributed by atoms with Crippen LogP contribution in [0.4, 0.5) is 0 Å². The van der Waals surface area contributed by atoms with Crippen LogP contribution >= 0.6 is 11.8 Å². The second kappa shape index (κ2) is 7.16. The summed E-state index contributed by atoms with van der Waals surface area (Å²) >= 11 is 1.79. The zero-order chi connectivity index (χ0) is 13.5. The highest BCUT2D eigenvalue weighted by molar-refractivity contribution is 7.98. The number of hydrogen-bond donors (Lipinski definition) is 1. The molecule has 0 atom stereocenters. The molecule has 1 heterocycles. The molecule has 0 saturated carbocycles. The molecule has 19 heavy (non-hydrogen) atoms. The largest absolute Gasteiger partial charge is 0.481 e. The van der Waals surface area contributed by atoms with Crippen LogP contribution in [0.1, 0.15) is 11.3 Å². The van der Waals surface area contributed by atoms with Crippen molar-refractivity contribution < 1.29 is 4.74 Å². The van der Waals surface area contributed by atoms with Crippen LogP contribution in [0.5, 0.6) is 5.88 Å². The zero-order valence-electron chi connectivity index (χ0n) is 11.2. The lowest BCUT2D eigenvalue weighted by Crippen LogP contribution is -2.04. The summed E-state index contributed by atoms with van der Waals surface area (Å²) in [6, 6.07) is 14.4. The van der Waals surface area contributed by atoms with Crippen LogP contribution in [0, 0.1) is 0 Å². The number of methoxy groups -OCH3 is 1. The van der Waals surface area contributed by atoms with Gasteiger partial charge >= 0.3 is 0 Å². The fraction of sp³-hybridized carbons (Fsp3) is 0.267. The number of aromatic nitrogens is 1. The molecule has 0 aliphatic heterocycles. The average Bonchev–Trinajstić information content (AvgIpc) is 2.46. The summed E-state index contributed by atoms with van der Waals surface area (Å²) < 4.78 is 5.13. The van der Waals surface area contributed by atoms with E-state index < -0.39 is 0 Å². The van der Waals surface area contributed by atoms with E-state index in [1.165, 1.54) is 10.5 Å². The van der Waals surface area contributed by atoms with Crippen molar-refractivity contribution in [2.24, 2.45) is 0 Å². The quantitative estimate of drug-likeness (QED) is 0.821. The first-order valence-corrected chi connectivity index (χ1v) is 7.16. The van der Waals surface area contributed by atoms with Gasteiger partial charge in [-0.05, 0) is 30.8 Å². The Balaban J connectivity index is 1.99. The third kappa shape index (κ3) is 4.26. The van der Waals surface area contributed by atoms with E-state index in [0.717, 1.165) is 18.0 Å². The topological polar surface area (TPSA) is 34.1 Å². The van der Waals surface area contributed by atoms with Crippen LogP contribution in [0.15, 0.2) is 47.4 Å². The molecule has 2 aromatic rings. The Morgan fingerprint density at radius 2 is 2.05 bits per heavy atom. The molecular formula is C15H18N2OS. The third-order valence-corrected chi connectivity index (χ3v) is 3.68. The van der Waals surface area contributed by atoms with Gasteiger partial charge in [-0.25, -0.2) is 4.98 Å². The van der Waals surface area contributed by atoms with Gasteiger partial charge in [-0.3, -0.25) is 0 Å². The third-order valence-electron chi connectivity index (χ3n) is 2.66. The molecule has 0 saturated heterocycles. The van der Waals surface area contributed by atoms with E-state index in [9.17, 15) is 0 Å². The summed E-state index contributed by atoms with van der Waals surface area (Å²) in [5.74, 6) is 1.52. The first-order valence-electron chi connectivity index (χ1n) is 6.18. The second-order valence-electron chi connectivity index (χ2n) is 4.14. The Hall–Kier alpha value is -1.52. The minimum atomic E-state index is 0.669. The maximum atomic E-state index is 5.13. The number of hydrogen-bond acceptors (Lipinski definition) is 4. The first kappa shape index (κ1) is 13.9. The van der Waals surface area contributed by atoms with E-state index in [-0.39, 0.29) is 0 Å². The van der Waals surface area contributed by atoms with Gasteiger partial charge in [0.15, 0.2) is 0 Å². The van der Waals surface area contributed by atoms with Crippen LogP contribution in [0.25, 0.3) is 0 Å². The lowest BCUT2D eigenvalue weighted by Gasteiger charge is -2.05. The minimum Gasteiger partial charge on any atom is -0.481 e. The van der Waals surface area contributed by atoms with Crippen LogP contribution in [-0.4, -0.2) is 19.1 Å². The highest BCUT2D eigenvalue weighted by Gasteiger charge is 2.00. The molecule has 0 spiro atoms. The van der Waals surface area contributed by atoms with Gasteiger partial charge in [-0.1, -0.05) is 18.2 Å². The van der Waals surface area contributed by atoms with Crippen molar-refractivity contribution in [2.45, 2.75) is 17.2 Å². The summed E-state index contributed by atoms with van der Waals surface area (Å²) in [6.45, 7) is 0.895. The van der Waals surface area contributed by atoms with E-state index in [0.29, 0.717) is 5.88 Å². The molecule has 0 fully saturated rings. The summed E-state index contributed by atoms with van der Waals surface area (Å²) in [5, 5.41) is 3.16. The molecule has 1 aromatic carbocycles. The van der Waals surface area contributed by atoms with Gasteiger partial charge in [0.1, 0.15) is 0 Å². The van der Waals surface area contributed by atoms with E-state index >= 15 is 0 Å². The Kier molecular flexibility index (Phi) is 5.24. The van der Waals surface area contributed by atoms with Crippen LogP contribution < -0.4 is 10.1 Å². The van der Waals surface area contributed by atoms with Crippen molar-refractivity contribution in [1.82, 2.24) is 10.3 Å². The predicted octanol–water partition coefficient (Wildman–Crippen LogP) is 3.10. The van der Waals surface area contributed by atoms with Crippen molar-refractivity contribution in [1.29, 1.82) is 0 Å². The van der Waals surface area contributed by atoms with Crippen molar-refractivity contribution in [3.8, 4) is 5.88 Å². The van der Waals surface area contributed by atoms with Crippen LogP contribution in [0.3, 0.4) is 0 Å². The van der Waals surface area contributed by atoms with Crippen molar-refractivity contribution in [3.05, 3.63) is 53.7 Å². The number of thioether (sulfide) groups is 1. The SMILES string of the molecule is CNCc1cccc(SCc2cccc(OC)n2)c1. The summed E-state index contributed by atoms with van der Waals surface area (Å²) in [5.41, 5.74) is 2.33. The lowest BCUT2D eigenvalue weighted by molar-refractivity contribution is 0.397. The monoisotopic (exact) mass is 274 g/mol. The van der Waals surface area contributed by atoms with E-state index in [4.69, 9.17) is 4.74 Å². The van der Waals surface area contributed by atoms with Gasteiger partial charge in [0, 0.05) is 23.3 Å². The Morgan fingerprint density at radius 3 is 2.84 bits per heavy atom. The minimum absolute atomic E-state index is 0.669. The van der Waals surface area contributed by atoms with E-state index in [1.54, 1.807) is 18.9 Å². The average molecular weight is 274 g/mol. The van der Waals surface area contributed by atoms with Crippen molar-refractivity contribution >= 4 is 11.8 Å². The first-order chi connectivity index (χ1) is 9.31. The van der Waals surface area contributed by atoms with E-state index in [1.807, 2.05) is 25.2 Å². The summed E-state index contributed by atoms with van der Waals surface area (Å²) in [7, 11) is 3.60. The Bertz CT molecular complexity index is 531. The smallest absolute Gasteiger partial charge is 0.213 e. The molecule has 4 heteroatoms. The molecule has 100 valence electrons. The Morgan fingerprint density at radius 1 is 1.21 bits per heavy atom. The number of ether oxygens (including phenoxy) is 1. The molecule has 0 unspecified atom stereocenters. The van der Waals surface area contributed by atoms with Gasteiger partial charge in [-0.2, -0.15) is 0 Å². The lowest BCUT2D eigenvalue weighted by atomic mass is 10.2. The molecule has 2 rings (SSSR count). The van der Waals surface area contributed by atoms with E-state index in [2.05, 4.69) is 34.6 Å². The summed E-state index contributed by atoms with van der Waals surface area (Å²) in [6.07, 6.45) is 0. The molecule has 0 bridgehead atoms. The maximum Gasteiger partial charge on any atom is 0.213 e. The molecule has 0 aliphatic rings. The second-order valence-corrected chi connectivity index (χ2v) is 5.19. The predicted molar refractivity (Wildman–Crippen MR) is 79.6 cm³/mol. The summed E-state index contributed by atoms with van der Waals surface area (Å²) in [4.78, 5) is 5.67. The van der Waals surface area contributed by atoms with Crippen LogP contribution in [0.2, 0.25) is 0 Å². The number of nitrogens with zero attached hydrogens (tertiary/aromatic N) is 1. The molecule has 3 nitrogen and oxygen atoms in total. The highest BCUT2D eigenvalue weighted by Crippen LogP contribution is 2.23. The van der Waals surface area contributed by atoms with Crippen LogP contribution in [-0.2, 0) is 12.3 Å². The molecule has 0 amide bonds. The number of pyridine rings is 1. The Labute approximate surface area is 118 Å². The number of nitrogens with one attached hydrogen (secondary N) is 1.